The van der Waals surface area contributed by atoms with E-state index in [0.717, 1.165) is 6.20 Å². The summed E-state index contributed by atoms with van der Waals surface area (Å²) in [6.07, 6.45) is 3.94. The average molecular weight is 236 g/mol. The van der Waals surface area contributed by atoms with Crippen molar-refractivity contribution < 1.29 is 9.72 Å². The molecule has 0 saturated carbocycles. The smallest absolute Gasteiger partial charge is 0.307 e. The van der Waals surface area contributed by atoms with Crippen LogP contribution in [-0.4, -0.2) is 30.4 Å². The molecule has 2 rings (SSSR count). The summed E-state index contributed by atoms with van der Waals surface area (Å²) in [7, 11) is 0. The average Bonchev–Trinajstić information content (AvgIpc) is 2.87. The lowest BCUT2D eigenvalue weighted by Gasteiger charge is -1.99. The van der Waals surface area contributed by atoms with Gasteiger partial charge in [-0.1, -0.05) is 0 Å². The van der Waals surface area contributed by atoms with Crippen molar-refractivity contribution in [1.82, 2.24) is 19.6 Å². The number of nitrogens with two attached hydrogens (primary N) is 1. The molecule has 0 radical (unpaired) electrons. The molecule has 9 heteroatoms. The predicted octanol–water partition coefficient (Wildman–Crippen LogP) is -0.408. The molecule has 0 aliphatic rings. The van der Waals surface area contributed by atoms with Crippen molar-refractivity contribution >= 4 is 11.6 Å². The SMILES string of the molecule is NC(=O)c1ccn(Cn2cc([N+](=O)[O-])cn2)n1. The molecule has 17 heavy (non-hydrogen) atoms. The normalized spacial score (nSPS) is 10.4. The van der Waals surface area contributed by atoms with E-state index in [1.54, 1.807) is 0 Å². The van der Waals surface area contributed by atoms with Crippen molar-refractivity contribution in [3.8, 4) is 0 Å². The second kappa shape index (κ2) is 4.04. The zero-order valence-electron chi connectivity index (χ0n) is 8.55. The molecule has 0 bridgehead atoms. The molecule has 0 aromatic carbocycles. The van der Waals surface area contributed by atoms with Gasteiger partial charge < -0.3 is 5.73 Å². The fraction of sp³-hybridized carbons (Fsp3) is 0.125. The standard InChI is InChI=1S/C8H8N6O3/c9-8(15)7-1-2-12(11-7)5-13-4-6(3-10-13)14(16)17/h1-4H,5H2,(H2,9,15). The molecule has 2 aromatic rings. The monoisotopic (exact) mass is 236 g/mol. The zero-order valence-corrected chi connectivity index (χ0v) is 8.55. The number of primary amides is 1. The van der Waals surface area contributed by atoms with Crippen LogP contribution in [0, 0.1) is 10.1 Å². The van der Waals surface area contributed by atoms with Gasteiger partial charge in [0.2, 0.25) is 0 Å². The largest absolute Gasteiger partial charge is 0.364 e. The van der Waals surface area contributed by atoms with E-state index in [9.17, 15) is 14.9 Å². The van der Waals surface area contributed by atoms with Crippen LogP contribution >= 0.6 is 0 Å². The number of amides is 1. The Hall–Kier alpha value is -2.71. The van der Waals surface area contributed by atoms with E-state index in [4.69, 9.17) is 5.73 Å². The molecular weight excluding hydrogens is 228 g/mol. The fourth-order valence-electron chi connectivity index (χ4n) is 1.24. The van der Waals surface area contributed by atoms with Gasteiger partial charge in [0.05, 0.1) is 4.92 Å². The van der Waals surface area contributed by atoms with E-state index in [2.05, 4.69) is 10.2 Å². The molecule has 1 amide bonds. The Morgan fingerprint density at radius 3 is 2.82 bits per heavy atom. The highest BCUT2D eigenvalue weighted by molar-refractivity contribution is 5.90. The molecule has 0 aliphatic carbocycles. The first-order valence-corrected chi connectivity index (χ1v) is 4.56. The zero-order chi connectivity index (χ0) is 12.4. The highest BCUT2D eigenvalue weighted by Crippen LogP contribution is 2.07. The molecule has 0 atom stereocenters. The number of carbonyl (C=O) groups is 1. The Balaban J connectivity index is 2.13. The molecule has 2 heterocycles. The van der Waals surface area contributed by atoms with E-state index in [-0.39, 0.29) is 18.1 Å². The summed E-state index contributed by atoms with van der Waals surface area (Å²) in [5, 5.41) is 18.1. The van der Waals surface area contributed by atoms with E-state index in [1.807, 2.05) is 0 Å². The number of aromatic nitrogens is 4. The summed E-state index contributed by atoms with van der Waals surface area (Å²) in [6, 6.07) is 1.46. The van der Waals surface area contributed by atoms with Gasteiger partial charge in [-0.05, 0) is 6.07 Å². The summed E-state index contributed by atoms with van der Waals surface area (Å²) < 4.78 is 2.73. The minimum atomic E-state index is -0.629. The van der Waals surface area contributed by atoms with Crippen LogP contribution in [0.5, 0.6) is 0 Å². The van der Waals surface area contributed by atoms with Gasteiger partial charge in [-0.15, -0.1) is 0 Å². The van der Waals surface area contributed by atoms with E-state index >= 15 is 0 Å². The van der Waals surface area contributed by atoms with Crippen molar-refractivity contribution in [2.45, 2.75) is 6.67 Å². The Morgan fingerprint density at radius 1 is 1.53 bits per heavy atom. The van der Waals surface area contributed by atoms with Gasteiger partial charge in [0.15, 0.2) is 0 Å². The van der Waals surface area contributed by atoms with Gasteiger partial charge in [0.1, 0.15) is 24.8 Å². The third kappa shape index (κ3) is 2.27. The Morgan fingerprint density at radius 2 is 2.29 bits per heavy atom. The van der Waals surface area contributed by atoms with Gasteiger partial charge in [-0.3, -0.25) is 19.6 Å². The Bertz CT molecular complexity index is 521. The van der Waals surface area contributed by atoms with Gasteiger partial charge in [-0.25, -0.2) is 4.68 Å². The van der Waals surface area contributed by atoms with Crippen LogP contribution in [0.25, 0.3) is 0 Å². The van der Waals surface area contributed by atoms with Crippen LogP contribution in [0.4, 0.5) is 5.69 Å². The van der Waals surface area contributed by atoms with Crippen molar-refractivity contribution in [2.75, 3.05) is 0 Å². The molecule has 0 unspecified atom stereocenters. The van der Waals surface area contributed by atoms with Crippen LogP contribution in [-0.2, 0) is 6.67 Å². The van der Waals surface area contributed by atoms with Gasteiger partial charge in [0.25, 0.3) is 5.91 Å². The molecule has 2 aromatic heterocycles. The number of nitro groups is 1. The second-order valence-corrected chi connectivity index (χ2v) is 3.24. The van der Waals surface area contributed by atoms with Gasteiger partial charge in [-0.2, -0.15) is 10.2 Å². The second-order valence-electron chi connectivity index (χ2n) is 3.24. The molecule has 2 N–H and O–H groups in total. The molecule has 0 fully saturated rings. The van der Waals surface area contributed by atoms with Crippen LogP contribution in [0.1, 0.15) is 10.5 Å². The lowest BCUT2D eigenvalue weighted by Crippen LogP contribution is -2.14. The quantitative estimate of drug-likeness (QED) is 0.571. The fourth-order valence-corrected chi connectivity index (χ4v) is 1.24. The third-order valence-electron chi connectivity index (χ3n) is 2.01. The summed E-state index contributed by atoms with van der Waals surface area (Å²) in [4.78, 5) is 20.7. The predicted molar refractivity (Wildman–Crippen MR) is 55.0 cm³/mol. The van der Waals surface area contributed by atoms with E-state index in [1.165, 1.54) is 27.8 Å². The summed E-state index contributed by atoms with van der Waals surface area (Å²) in [5.74, 6) is -0.629. The minimum absolute atomic E-state index is 0.104. The highest BCUT2D eigenvalue weighted by atomic mass is 16.6. The Kier molecular flexibility index (Phi) is 2.57. The van der Waals surface area contributed by atoms with Crippen molar-refractivity contribution in [1.29, 1.82) is 0 Å². The van der Waals surface area contributed by atoms with Crippen molar-refractivity contribution in [3.63, 3.8) is 0 Å². The van der Waals surface area contributed by atoms with Crippen molar-refractivity contribution in [3.05, 3.63) is 40.5 Å². The lowest BCUT2D eigenvalue weighted by atomic mass is 10.4. The van der Waals surface area contributed by atoms with Crippen LogP contribution in [0.15, 0.2) is 24.7 Å². The van der Waals surface area contributed by atoms with Crippen LogP contribution in [0.3, 0.4) is 0 Å². The molecule has 0 saturated heterocycles. The topological polar surface area (TPSA) is 122 Å². The molecular formula is C8H8N6O3. The number of rotatable bonds is 4. The maximum atomic E-state index is 10.8. The highest BCUT2D eigenvalue weighted by Gasteiger charge is 2.09. The minimum Gasteiger partial charge on any atom is -0.364 e. The maximum absolute atomic E-state index is 10.8. The van der Waals surface area contributed by atoms with E-state index in [0.29, 0.717) is 0 Å². The third-order valence-corrected chi connectivity index (χ3v) is 2.01. The van der Waals surface area contributed by atoms with Gasteiger partial charge in [0, 0.05) is 6.20 Å². The molecule has 0 aliphatic heterocycles. The van der Waals surface area contributed by atoms with Gasteiger partial charge >= 0.3 is 5.69 Å². The first-order chi connectivity index (χ1) is 8.06. The molecule has 9 nitrogen and oxygen atoms in total. The molecule has 0 spiro atoms. The number of hydrogen-bond acceptors (Lipinski definition) is 5. The van der Waals surface area contributed by atoms with Crippen LogP contribution < -0.4 is 5.73 Å². The summed E-state index contributed by atoms with van der Waals surface area (Å²) in [6.45, 7) is 0.168. The first kappa shape index (κ1) is 10.8. The number of hydrogen-bond donors (Lipinski definition) is 1. The van der Waals surface area contributed by atoms with E-state index < -0.39 is 10.8 Å². The molecule has 88 valence electrons. The van der Waals surface area contributed by atoms with Crippen LogP contribution in [0.2, 0.25) is 0 Å². The number of nitrogens with zero attached hydrogens (tertiary/aromatic N) is 5. The summed E-state index contributed by atoms with van der Waals surface area (Å²) >= 11 is 0. The first-order valence-electron chi connectivity index (χ1n) is 4.56. The summed E-state index contributed by atoms with van der Waals surface area (Å²) in [5.41, 5.74) is 5.06. The van der Waals surface area contributed by atoms with Crippen molar-refractivity contribution in [2.24, 2.45) is 5.73 Å². The Labute approximate surface area is 94.6 Å². The maximum Gasteiger partial charge on any atom is 0.307 e. The number of carbonyl (C=O) groups excluding carboxylic acids is 1. The lowest BCUT2D eigenvalue weighted by molar-refractivity contribution is -0.385.